The SMILES string of the molecule is CCS(=O)(=O)c1ccccc1NS(N)(=O)=O. The summed E-state index contributed by atoms with van der Waals surface area (Å²) >= 11 is 0. The van der Waals surface area contributed by atoms with E-state index in [-0.39, 0.29) is 16.3 Å². The number of para-hydroxylation sites is 1. The maximum atomic E-state index is 11.6. The first kappa shape index (κ1) is 12.9. The molecule has 0 bridgehead atoms. The van der Waals surface area contributed by atoms with Gasteiger partial charge in [-0.15, -0.1) is 0 Å². The van der Waals surface area contributed by atoms with Crippen molar-refractivity contribution >= 4 is 25.7 Å². The van der Waals surface area contributed by atoms with Crippen molar-refractivity contribution in [2.45, 2.75) is 11.8 Å². The Morgan fingerprint density at radius 3 is 2.25 bits per heavy atom. The Bertz CT molecular complexity index is 578. The number of nitrogens with two attached hydrogens (primary N) is 1. The molecule has 0 aliphatic carbocycles. The summed E-state index contributed by atoms with van der Waals surface area (Å²) in [5.41, 5.74) is -0.0353. The van der Waals surface area contributed by atoms with Crippen molar-refractivity contribution < 1.29 is 16.8 Å². The van der Waals surface area contributed by atoms with Crippen LogP contribution >= 0.6 is 0 Å². The average molecular weight is 264 g/mol. The topological polar surface area (TPSA) is 106 Å². The first-order valence-corrected chi connectivity index (χ1v) is 7.58. The summed E-state index contributed by atoms with van der Waals surface area (Å²) in [5.74, 6) is -0.115. The molecule has 0 saturated carbocycles. The van der Waals surface area contributed by atoms with Crippen LogP contribution in [0.3, 0.4) is 0 Å². The van der Waals surface area contributed by atoms with Crippen LogP contribution in [0.4, 0.5) is 5.69 Å². The summed E-state index contributed by atoms with van der Waals surface area (Å²) in [4.78, 5) is -0.0773. The van der Waals surface area contributed by atoms with Gasteiger partial charge in [0.05, 0.1) is 16.3 Å². The van der Waals surface area contributed by atoms with Crippen molar-refractivity contribution in [3.8, 4) is 0 Å². The molecule has 0 aromatic heterocycles. The molecule has 8 heteroatoms. The molecule has 0 amide bonds. The van der Waals surface area contributed by atoms with Crippen molar-refractivity contribution in [3.63, 3.8) is 0 Å². The Hall–Kier alpha value is -1.12. The van der Waals surface area contributed by atoms with E-state index in [1.807, 2.05) is 4.72 Å². The molecular weight excluding hydrogens is 252 g/mol. The third-order valence-corrected chi connectivity index (χ3v) is 4.15. The smallest absolute Gasteiger partial charge is 0.270 e. The number of hydrogen-bond donors (Lipinski definition) is 2. The van der Waals surface area contributed by atoms with Crippen LogP contribution in [-0.2, 0) is 20.0 Å². The van der Waals surface area contributed by atoms with Gasteiger partial charge in [-0.3, -0.25) is 4.72 Å². The zero-order chi connectivity index (χ0) is 12.4. The van der Waals surface area contributed by atoms with Gasteiger partial charge >= 0.3 is 0 Å². The summed E-state index contributed by atoms with van der Waals surface area (Å²) in [6, 6.07) is 5.69. The number of anilines is 1. The quantitative estimate of drug-likeness (QED) is 0.804. The normalized spacial score (nSPS) is 12.4. The van der Waals surface area contributed by atoms with E-state index in [0.717, 1.165) is 0 Å². The summed E-state index contributed by atoms with van der Waals surface area (Å²) in [7, 11) is -7.47. The van der Waals surface area contributed by atoms with Gasteiger partial charge in [0.2, 0.25) is 0 Å². The minimum absolute atomic E-state index is 0.0353. The highest BCUT2D eigenvalue weighted by Crippen LogP contribution is 2.22. The summed E-state index contributed by atoms with van der Waals surface area (Å²) < 4.78 is 46.9. The first-order chi connectivity index (χ1) is 7.26. The molecule has 0 heterocycles. The molecule has 0 aliphatic heterocycles. The Kier molecular flexibility index (Phi) is 3.56. The van der Waals surface area contributed by atoms with E-state index in [9.17, 15) is 16.8 Å². The molecule has 3 N–H and O–H groups in total. The summed E-state index contributed by atoms with van der Waals surface area (Å²) in [6.07, 6.45) is 0. The van der Waals surface area contributed by atoms with Gasteiger partial charge in [-0.2, -0.15) is 8.42 Å². The molecule has 1 rings (SSSR count). The molecule has 0 radical (unpaired) electrons. The lowest BCUT2D eigenvalue weighted by atomic mass is 10.3. The van der Waals surface area contributed by atoms with Crippen LogP contribution < -0.4 is 9.86 Å². The zero-order valence-electron chi connectivity index (χ0n) is 8.54. The van der Waals surface area contributed by atoms with Crippen LogP contribution in [0.15, 0.2) is 29.2 Å². The molecule has 0 saturated heterocycles. The largest absolute Gasteiger partial charge is 0.296 e. The van der Waals surface area contributed by atoms with Crippen molar-refractivity contribution in [2.75, 3.05) is 10.5 Å². The lowest BCUT2D eigenvalue weighted by Crippen LogP contribution is -2.23. The Morgan fingerprint density at radius 1 is 1.19 bits per heavy atom. The van der Waals surface area contributed by atoms with Gasteiger partial charge in [0.25, 0.3) is 10.2 Å². The number of nitrogens with one attached hydrogen (secondary N) is 1. The zero-order valence-corrected chi connectivity index (χ0v) is 10.2. The molecule has 90 valence electrons. The number of benzene rings is 1. The second-order valence-corrected chi connectivity index (χ2v) is 6.59. The van der Waals surface area contributed by atoms with E-state index in [2.05, 4.69) is 0 Å². The van der Waals surface area contributed by atoms with Crippen LogP contribution in [-0.4, -0.2) is 22.6 Å². The lowest BCUT2D eigenvalue weighted by molar-refractivity contribution is 0.597. The number of hydrogen-bond acceptors (Lipinski definition) is 4. The van der Waals surface area contributed by atoms with E-state index in [1.165, 1.54) is 31.2 Å². The Labute approximate surface area is 94.6 Å². The highest BCUT2D eigenvalue weighted by molar-refractivity contribution is 7.92. The van der Waals surface area contributed by atoms with E-state index in [0.29, 0.717) is 0 Å². The van der Waals surface area contributed by atoms with Crippen LogP contribution in [0.25, 0.3) is 0 Å². The van der Waals surface area contributed by atoms with Gasteiger partial charge in [-0.25, -0.2) is 13.6 Å². The van der Waals surface area contributed by atoms with Crippen molar-refractivity contribution in [2.24, 2.45) is 5.14 Å². The van der Waals surface area contributed by atoms with E-state index < -0.39 is 20.0 Å². The van der Waals surface area contributed by atoms with E-state index >= 15 is 0 Å². The van der Waals surface area contributed by atoms with Gasteiger partial charge in [-0.05, 0) is 12.1 Å². The summed E-state index contributed by atoms with van der Waals surface area (Å²) in [5, 5.41) is 4.79. The van der Waals surface area contributed by atoms with Crippen LogP contribution in [0, 0.1) is 0 Å². The Balaban J connectivity index is 3.32. The number of rotatable bonds is 4. The van der Waals surface area contributed by atoms with Crippen molar-refractivity contribution in [3.05, 3.63) is 24.3 Å². The molecule has 1 aromatic rings. The lowest BCUT2D eigenvalue weighted by Gasteiger charge is -2.09. The first-order valence-electron chi connectivity index (χ1n) is 4.38. The molecule has 6 nitrogen and oxygen atoms in total. The predicted molar refractivity (Wildman–Crippen MR) is 60.9 cm³/mol. The Morgan fingerprint density at radius 2 is 1.75 bits per heavy atom. The van der Waals surface area contributed by atoms with Crippen LogP contribution in [0.1, 0.15) is 6.92 Å². The second kappa shape index (κ2) is 4.40. The average Bonchev–Trinajstić information content (AvgIpc) is 2.16. The molecular formula is C8H12N2O4S2. The molecule has 1 aromatic carbocycles. The third kappa shape index (κ3) is 3.19. The molecule has 0 atom stereocenters. The van der Waals surface area contributed by atoms with Gasteiger partial charge in [-0.1, -0.05) is 19.1 Å². The minimum Gasteiger partial charge on any atom is -0.270 e. The fraction of sp³-hybridized carbons (Fsp3) is 0.250. The van der Waals surface area contributed by atoms with E-state index in [1.54, 1.807) is 0 Å². The van der Waals surface area contributed by atoms with E-state index in [4.69, 9.17) is 5.14 Å². The van der Waals surface area contributed by atoms with Gasteiger partial charge < -0.3 is 0 Å². The second-order valence-electron chi connectivity index (χ2n) is 3.05. The third-order valence-electron chi connectivity index (χ3n) is 1.85. The maximum absolute atomic E-state index is 11.6. The van der Waals surface area contributed by atoms with Crippen molar-refractivity contribution in [1.29, 1.82) is 0 Å². The predicted octanol–water partition coefficient (Wildman–Crippen LogP) is 0.0956. The van der Waals surface area contributed by atoms with Crippen LogP contribution in [0.2, 0.25) is 0 Å². The fourth-order valence-electron chi connectivity index (χ4n) is 1.13. The van der Waals surface area contributed by atoms with Gasteiger partial charge in [0.1, 0.15) is 0 Å². The molecule has 0 fully saturated rings. The van der Waals surface area contributed by atoms with Crippen LogP contribution in [0.5, 0.6) is 0 Å². The highest BCUT2D eigenvalue weighted by atomic mass is 32.2. The minimum atomic E-state index is -3.98. The van der Waals surface area contributed by atoms with Crippen molar-refractivity contribution in [1.82, 2.24) is 0 Å². The van der Waals surface area contributed by atoms with Gasteiger partial charge in [0, 0.05) is 0 Å². The molecule has 0 spiro atoms. The molecule has 16 heavy (non-hydrogen) atoms. The monoisotopic (exact) mass is 264 g/mol. The maximum Gasteiger partial charge on any atom is 0.296 e. The standard InChI is InChI=1S/C8H12N2O4S2/c1-2-15(11,12)8-6-4-3-5-7(8)10-16(9,13)14/h3-6,10H,2H2,1H3,(H2,9,13,14). The molecule has 0 unspecified atom stereocenters. The fourth-order valence-corrected chi connectivity index (χ4v) is 2.73. The molecule has 0 aliphatic rings. The summed E-state index contributed by atoms with van der Waals surface area (Å²) in [6.45, 7) is 1.48. The number of sulfone groups is 1. The van der Waals surface area contributed by atoms with Gasteiger partial charge in [0.15, 0.2) is 9.84 Å². The highest BCUT2D eigenvalue weighted by Gasteiger charge is 2.17.